The number of hydrogen-bond donors (Lipinski definition) is 0. The second-order valence-corrected chi connectivity index (χ2v) is 9.46. The largest absolute Gasteiger partial charge is 0.488 e. The van der Waals surface area contributed by atoms with Gasteiger partial charge in [-0.05, 0) is 37.5 Å². The Hall–Kier alpha value is -2.65. The van der Waals surface area contributed by atoms with E-state index in [-0.39, 0.29) is 11.9 Å². The van der Waals surface area contributed by atoms with Crippen molar-refractivity contribution >= 4 is 54.8 Å². The van der Waals surface area contributed by atoms with Crippen LogP contribution < -0.4 is 9.64 Å². The van der Waals surface area contributed by atoms with Gasteiger partial charge in [-0.3, -0.25) is 4.79 Å². The molecule has 0 atom stereocenters. The first-order valence-corrected chi connectivity index (χ1v) is 11.6. The fraction of sp³-hybridized carbons (Fsp3) is 0.381. The maximum absolute atomic E-state index is 12.8. The van der Waals surface area contributed by atoms with Gasteiger partial charge >= 0.3 is 5.97 Å². The second-order valence-electron chi connectivity index (χ2n) is 7.31. The summed E-state index contributed by atoms with van der Waals surface area (Å²) in [6, 6.07) is 5.76. The quantitative estimate of drug-likeness (QED) is 0.562. The fourth-order valence-corrected chi connectivity index (χ4v) is 6.20. The number of aromatic nitrogens is 1. The summed E-state index contributed by atoms with van der Waals surface area (Å²) in [5.74, 6) is 1.07. The van der Waals surface area contributed by atoms with Crippen molar-refractivity contribution in [2.75, 3.05) is 38.3 Å². The van der Waals surface area contributed by atoms with E-state index in [1.165, 1.54) is 24.9 Å². The number of pyridine rings is 1. The molecule has 0 saturated carbocycles. The predicted molar refractivity (Wildman–Crippen MR) is 118 cm³/mol. The van der Waals surface area contributed by atoms with E-state index in [4.69, 9.17) is 9.47 Å². The molecular formula is C21H21N3O4S2. The Morgan fingerprint density at radius 1 is 1.07 bits per heavy atom. The van der Waals surface area contributed by atoms with Crippen LogP contribution >= 0.6 is 22.7 Å². The number of carbonyl (C=O) groups is 2. The molecule has 0 unspecified atom stereocenters. The molecule has 2 aliphatic rings. The van der Waals surface area contributed by atoms with Crippen LogP contribution in [0.5, 0.6) is 5.75 Å². The van der Waals surface area contributed by atoms with Crippen LogP contribution in [0.2, 0.25) is 0 Å². The predicted octanol–water partition coefficient (Wildman–Crippen LogP) is 4.30. The highest BCUT2D eigenvalue weighted by molar-refractivity contribution is 7.30. The number of carbonyl (C=O) groups excluding carboxylic acids is 2. The molecule has 5 heterocycles. The third-order valence-electron chi connectivity index (χ3n) is 5.40. The number of methoxy groups -OCH3 is 1. The Bertz CT molecular complexity index is 1090. The summed E-state index contributed by atoms with van der Waals surface area (Å²) in [5.41, 5.74) is 0.576. The lowest BCUT2D eigenvalue weighted by atomic mass is 10.1. The lowest BCUT2D eigenvalue weighted by Crippen LogP contribution is -2.36. The van der Waals surface area contributed by atoms with Crippen LogP contribution in [0, 0.1) is 0 Å². The van der Waals surface area contributed by atoms with Gasteiger partial charge < -0.3 is 19.3 Å². The van der Waals surface area contributed by atoms with Gasteiger partial charge in [0.05, 0.1) is 24.2 Å². The van der Waals surface area contributed by atoms with Gasteiger partial charge in [0, 0.05) is 28.7 Å². The van der Waals surface area contributed by atoms with Crippen molar-refractivity contribution in [2.24, 2.45) is 0 Å². The number of anilines is 2. The SMILES string of the molecule is COC(=O)c1cc2sc(N3CCOc4cc(C(=O)N5CCCCC5)cnc43)cc2s1. The highest BCUT2D eigenvalue weighted by Gasteiger charge is 2.26. The van der Waals surface area contributed by atoms with E-state index in [0.717, 1.165) is 46.1 Å². The minimum atomic E-state index is -0.311. The molecule has 9 heteroatoms. The van der Waals surface area contributed by atoms with Crippen molar-refractivity contribution in [3.05, 3.63) is 34.8 Å². The van der Waals surface area contributed by atoms with Crippen molar-refractivity contribution in [3.8, 4) is 5.75 Å². The van der Waals surface area contributed by atoms with E-state index in [1.54, 1.807) is 17.5 Å². The van der Waals surface area contributed by atoms with E-state index >= 15 is 0 Å². The van der Waals surface area contributed by atoms with Gasteiger partial charge in [-0.1, -0.05) is 0 Å². The molecule has 3 aromatic rings. The molecule has 1 amide bonds. The lowest BCUT2D eigenvalue weighted by Gasteiger charge is -2.30. The number of piperidine rings is 1. The molecule has 30 heavy (non-hydrogen) atoms. The molecule has 1 saturated heterocycles. The summed E-state index contributed by atoms with van der Waals surface area (Å²) < 4.78 is 12.7. The number of amides is 1. The molecule has 0 aromatic carbocycles. The maximum Gasteiger partial charge on any atom is 0.348 e. The second kappa shape index (κ2) is 7.88. The molecule has 5 rings (SSSR count). The van der Waals surface area contributed by atoms with Crippen LogP contribution in [-0.2, 0) is 4.74 Å². The maximum atomic E-state index is 12.8. The van der Waals surface area contributed by atoms with E-state index in [1.807, 2.05) is 17.0 Å². The van der Waals surface area contributed by atoms with Crippen LogP contribution in [0.4, 0.5) is 10.8 Å². The van der Waals surface area contributed by atoms with E-state index in [0.29, 0.717) is 29.3 Å². The molecule has 156 valence electrons. The standard InChI is InChI=1S/C21H21N3O4S2/c1-27-21(26)17-10-15-16(29-17)11-18(30-15)24-7-8-28-14-9-13(12-22-19(14)24)20(25)23-5-3-2-4-6-23/h9-12H,2-8H2,1H3. The number of esters is 1. The van der Waals surface area contributed by atoms with Gasteiger partial charge in [0.25, 0.3) is 5.91 Å². The van der Waals surface area contributed by atoms with Crippen molar-refractivity contribution in [2.45, 2.75) is 19.3 Å². The van der Waals surface area contributed by atoms with Crippen molar-refractivity contribution < 1.29 is 19.1 Å². The Morgan fingerprint density at radius 3 is 2.63 bits per heavy atom. The summed E-state index contributed by atoms with van der Waals surface area (Å²) >= 11 is 3.03. The number of ether oxygens (including phenoxy) is 2. The zero-order valence-corrected chi connectivity index (χ0v) is 18.2. The van der Waals surface area contributed by atoms with Crippen LogP contribution in [0.3, 0.4) is 0 Å². The summed E-state index contributed by atoms with van der Waals surface area (Å²) in [6.45, 7) is 2.82. The average molecular weight is 444 g/mol. The van der Waals surface area contributed by atoms with Gasteiger partial charge in [-0.15, -0.1) is 22.7 Å². The number of rotatable bonds is 3. The summed E-state index contributed by atoms with van der Waals surface area (Å²) in [5, 5.41) is 1.04. The van der Waals surface area contributed by atoms with Crippen molar-refractivity contribution in [3.63, 3.8) is 0 Å². The number of fused-ring (bicyclic) bond motifs is 2. The number of thiophene rings is 2. The Labute approximate surface area is 181 Å². The van der Waals surface area contributed by atoms with Crippen molar-refractivity contribution in [1.29, 1.82) is 0 Å². The molecule has 0 radical (unpaired) electrons. The first-order valence-electron chi connectivity index (χ1n) is 9.95. The number of hydrogen-bond acceptors (Lipinski definition) is 8. The minimum absolute atomic E-state index is 0.0256. The molecule has 7 nitrogen and oxygen atoms in total. The van der Waals surface area contributed by atoms with E-state index in [9.17, 15) is 9.59 Å². The highest BCUT2D eigenvalue weighted by atomic mass is 32.1. The molecule has 0 N–H and O–H groups in total. The summed E-state index contributed by atoms with van der Waals surface area (Å²) in [4.78, 5) is 33.8. The lowest BCUT2D eigenvalue weighted by molar-refractivity contribution is 0.0606. The van der Waals surface area contributed by atoms with Crippen LogP contribution in [0.25, 0.3) is 9.40 Å². The van der Waals surface area contributed by atoms with Gasteiger partial charge in [-0.25, -0.2) is 9.78 Å². The van der Waals surface area contributed by atoms with E-state index in [2.05, 4.69) is 16.0 Å². The van der Waals surface area contributed by atoms with E-state index < -0.39 is 0 Å². The van der Waals surface area contributed by atoms with Gasteiger partial charge in [0.15, 0.2) is 11.6 Å². The number of likely N-dealkylation sites (tertiary alicyclic amines) is 1. The molecular weight excluding hydrogens is 422 g/mol. The number of nitrogens with zero attached hydrogens (tertiary/aromatic N) is 3. The topological polar surface area (TPSA) is 72.0 Å². The Balaban J connectivity index is 1.42. The highest BCUT2D eigenvalue weighted by Crippen LogP contribution is 2.43. The molecule has 0 spiro atoms. The zero-order chi connectivity index (χ0) is 20.7. The van der Waals surface area contributed by atoms with Gasteiger partial charge in [0.1, 0.15) is 11.5 Å². The van der Waals surface area contributed by atoms with Crippen LogP contribution in [0.15, 0.2) is 24.4 Å². The third-order valence-corrected chi connectivity index (χ3v) is 7.69. The smallest absolute Gasteiger partial charge is 0.348 e. The first kappa shape index (κ1) is 19.3. The molecule has 2 aliphatic heterocycles. The van der Waals surface area contributed by atoms with Gasteiger partial charge in [-0.2, -0.15) is 0 Å². The molecule has 3 aromatic heterocycles. The third kappa shape index (κ3) is 3.41. The fourth-order valence-electron chi connectivity index (χ4n) is 3.87. The normalized spacial score (nSPS) is 16.3. The monoisotopic (exact) mass is 443 g/mol. The Kier molecular flexibility index (Phi) is 5.08. The average Bonchev–Trinajstić information content (AvgIpc) is 3.37. The summed E-state index contributed by atoms with van der Waals surface area (Å²) in [7, 11) is 1.39. The minimum Gasteiger partial charge on any atom is -0.488 e. The molecule has 0 aliphatic carbocycles. The molecule has 0 bridgehead atoms. The molecule has 1 fully saturated rings. The van der Waals surface area contributed by atoms with Gasteiger partial charge in [0.2, 0.25) is 0 Å². The van der Waals surface area contributed by atoms with Crippen LogP contribution in [-0.4, -0.2) is 55.1 Å². The van der Waals surface area contributed by atoms with Crippen LogP contribution in [0.1, 0.15) is 39.3 Å². The first-order chi connectivity index (χ1) is 14.6. The summed E-state index contributed by atoms with van der Waals surface area (Å²) in [6.07, 6.45) is 4.95. The Morgan fingerprint density at radius 2 is 1.87 bits per heavy atom. The zero-order valence-electron chi connectivity index (χ0n) is 16.6. The van der Waals surface area contributed by atoms with Crippen molar-refractivity contribution in [1.82, 2.24) is 9.88 Å².